The Morgan fingerprint density at radius 3 is 2.87 bits per heavy atom. The van der Waals surface area contributed by atoms with E-state index in [0.717, 1.165) is 24.6 Å². The molecule has 0 spiro atoms. The average molecular weight is 205 g/mol. The minimum Gasteiger partial charge on any atom is -0.369 e. The van der Waals surface area contributed by atoms with Crippen LogP contribution >= 0.6 is 0 Å². The summed E-state index contributed by atoms with van der Waals surface area (Å²) in [5, 5.41) is 3.36. The fourth-order valence-electron chi connectivity index (χ4n) is 1.99. The zero-order valence-corrected chi connectivity index (χ0v) is 9.37. The minimum absolute atomic E-state index is 0.995. The van der Waals surface area contributed by atoms with Gasteiger partial charge in [0.1, 0.15) is 5.82 Å². The Bertz CT molecular complexity index is 305. The highest BCUT2D eigenvalue weighted by atomic mass is 15.2. The van der Waals surface area contributed by atoms with Crippen molar-refractivity contribution in [2.45, 2.75) is 19.8 Å². The second-order valence-electron chi connectivity index (χ2n) is 4.14. The molecule has 1 N–H and O–H groups in total. The average Bonchev–Trinajstić information content (AvgIpc) is 2.71. The van der Waals surface area contributed by atoms with Gasteiger partial charge in [0.05, 0.1) is 0 Å². The maximum Gasteiger partial charge on any atom is 0.126 e. The van der Waals surface area contributed by atoms with Gasteiger partial charge in [-0.05, 0) is 45.0 Å². The lowest BCUT2D eigenvalue weighted by Gasteiger charge is -2.14. The number of nitrogens with zero attached hydrogens (tertiary/aromatic N) is 2. The SMILES string of the molecule is Cc1cccc(NCCN2CCCC2)n1. The van der Waals surface area contributed by atoms with Crippen molar-refractivity contribution in [2.24, 2.45) is 0 Å². The Morgan fingerprint density at radius 1 is 1.33 bits per heavy atom. The monoisotopic (exact) mass is 205 g/mol. The van der Waals surface area contributed by atoms with E-state index in [2.05, 4.69) is 15.2 Å². The number of aryl methyl sites for hydroxylation is 1. The first kappa shape index (κ1) is 10.4. The minimum atomic E-state index is 0.995. The van der Waals surface area contributed by atoms with E-state index in [9.17, 15) is 0 Å². The van der Waals surface area contributed by atoms with Gasteiger partial charge in [0.15, 0.2) is 0 Å². The van der Waals surface area contributed by atoms with Crippen LogP contribution in [0.2, 0.25) is 0 Å². The van der Waals surface area contributed by atoms with Crippen molar-refractivity contribution in [2.75, 3.05) is 31.5 Å². The van der Waals surface area contributed by atoms with E-state index < -0.39 is 0 Å². The number of anilines is 1. The molecular formula is C12H19N3. The maximum atomic E-state index is 4.41. The number of nitrogens with one attached hydrogen (secondary N) is 1. The number of pyridine rings is 1. The molecule has 2 rings (SSSR count). The molecular weight excluding hydrogens is 186 g/mol. The van der Waals surface area contributed by atoms with Crippen molar-refractivity contribution in [1.29, 1.82) is 0 Å². The molecule has 0 saturated carbocycles. The van der Waals surface area contributed by atoms with Crippen LogP contribution in [0.5, 0.6) is 0 Å². The second kappa shape index (κ2) is 5.12. The predicted molar refractivity (Wildman–Crippen MR) is 63.1 cm³/mol. The standard InChI is InChI=1S/C12H19N3/c1-11-5-4-6-12(14-11)13-7-10-15-8-2-3-9-15/h4-6H,2-3,7-10H2,1H3,(H,13,14). The van der Waals surface area contributed by atoms with Gasteiger partial charge in [-0.2, -0.15) is 0 Å². The third-order valence-corrected chi connectivity index (χ3v) is 2.82. The van der Waals surface area contributed by atoms with Gasteiger partial charge in [-0.1, -0.05) is 6.07 Å². The molecule has 0 atom stereocenters. The van der Waals surface area contributed by atoms with Crippen LogP contribution < -0.4 is 5.32 Å². The Hall–Kier alpha value is -1.09. The molecule has 0 bridgehead atoms. The summed E-state index contributed by atoms with van der Waals surface area (Å²) in [7, 11) is 0. The Kier molecular flexibility index (Phi) is 3.56. The second-order valence-corrected chi connectivity index (χ2v) is 4.14. The summed E-state index contributed by atoms with van der Waals surface area (Å²) >= 11 is 0. The summed E-state index contributed by atoms with van der Waals surface area (Å²) in [4.78, 5) is 6.91. The van der Waals surface area contributed by atoms with Crippen LogP contribution in [0.15, 0.2) is 18.2 Å². The van der Waals surface area contributed by atoms with Gasteiger partial charge in [0.2, 0.25) is 0 Å². The lowest BCUT2D eigenvalue weighted by Crippen LogP contribution is -2.26. The summed E-state index contributed by atoms with van der Waals surface area (Å²) < 4.78 is 0. The van der Waals surface area contributed by atoms with Crippen molar-refractivity contribution in [1.82, 2.24) is 9.88 Å². The van der Waals surface area contributed by atoms with Crippen molar-refractivity contribution in [3.8, 4) is 0 Å². The zero-order chi connectivity index (χ0) is 10.5. The smallest absolute Gasteiger partial charge is 0.126 e. The first-order valence-electron chi connectivity index (χ1n) is 5.74. The van der Waals surface area contributed by atoms with Crippen LogP contribution in [0.25, 0.3) is 0 Å². The number of aromatic nitrogens is 1. The van der Waals surface area contributed by atoms with Crippen molar-refractivity contribution < 1.29 is 0 Å². The molecule has 0 aliphatic carbocycles. The van der Waals surface area contributed by atoms with E-state index in [1.54, 1.807) is 0 Å². The summed E-state index contributed by atoms with van der Waals surface area (Å²) in [5.41, 5.74) is 1.07. The topological polar surface area (TPSA) is 28.2 Å². The molecule has 1 aromatic rings. The van der Waals surface area contributed by atoms with Crippen LogP contribution in [0, 0.1) is 6.92 Å². The van der Waals surface area contributed by atoms with E-state index in [-0.39, 0.29) is 0 Å². The molecule has 1 aromatic heterocycles. The van der Waals surface area contributed by atoms with E-state index in [4.69, 9.17) is 0 Å². The van der Waals surface area contributed by atoms with Gasteiger partial charge in [0, 0.05) is 18.8 Å². The molecule has 0 aromatic carbocycles. The first-order valence-corrected chi connectivity index (χ1v) is 5.74. The Balaban J connectivity index is 1.73. The molecule has 3 heteroatoms. The lowest BCUT2D eigenvalue weighted by atomic mass is 10.4. The van der Waals surface area contributed by atoms with E-state index in [1.165, 1.54) is 25.9 Å². The highest BCUT2D eigenvalue weighted by Gasteiger charge is 2.09. The van der Waals surface area contributed by atoms with Gasteiger partial charge < -0.3 is 10.2 Å². The maximum absolute atomic E-state index is 4.41. The molecule has 1 saturated heterocycles. The van der Waals surface area contributed by atoms with Crippen LogP contribution in [0.4, 0.5) is 5.82 Å². The van der Waals surface area contributed by atoms with Crippen LogP contribution in [-0.4, -0.2) is 36.1 Å². The normalized spacial score (nSPS) is 16.9. The number of hydrogen-bond acceptors (Lipinski definition) is 3. The highest BCUT2D eigenvalue weighted by Crippen LogP contribution is 2.07. The largest absolute Gasteiger partial charge is 0.369 e. The molecule has 3 nitrogen and oxygen atoms in total. The summed E-state index contributed by atoms with van der Waals surface area (Å²) in [6, 6.07) is 6.09. The van der Waals surface area contributed by atoms with Crippen LogP contribution in [0.3, 0.4) is 0 Å². The highest BCUT2D eigenvalue weighted by molar-refractivity contribution is 5.34. The third kappa shape index (κ3) is 3.20. The molecule has 1 aliphatic heterocycles. The molecule has 2 heterocycles. The molecule has 1 aliphatic rings. The summed E-state index contributed by atoms with van der Waals surface area (Å²) in [5.74, 6) is 0.995. The number of likely N-dealkylation sites (tertiary alicyclic amines) is 1. The van der Waals surface area contributed by atoms with Gasteiger partial charge in [-0.3, -0.25) is 0 Å². The summed E-state index contributed by atoms with van der Waals surface area (Å²) in [6.45, 7) is 6.68. The molecule has 0 amide bonds. The van der Waals surface area contributed by atoms with Crippen LogP contribution in [0.1, 0.15) is 18.5 Å². The van der Waals surface area contributed by atoms with Crippen molar-refractivity contribution >= 4 is 5.82 Å². The molecule has 0 unspecified atom stereocenters. The molecule has 15 heavy (non-hydrogen) atoms. The van der Waals surface area contributed by atoms with Gasteiger partial charge >= 0.3 is 0 Å². The first-order chi connectivity index (χ1) is 7.34. The molecule has 1 fully saturated rings. The van der Waals surface area contributed by atoms with Gasteiger partial charge in [0.25, 0.3) is 0 Å². The van der Waals surface area contributed by atoms with Crippen molar-refractivity contribution in [3.63, 3.8) is 0 Å². The lowest BCUT2D eigenvalue weighted by molar-refractivity contribution is 0.352. The predicted octanol–water partition coefficient (Wildman–Crippen LogP) is 1.90. The number of hydrogen-bond donors (Lipinski definition) is 1. The van der Waals surface area contributed by atoms with Crippen molar-refractivity contribution in [3.05, 3.63) is 23.9 Å². The van der Waals surface area contributed by atoms with E-state index in [0.29, 0.717) is 0 Å². The zero-order valence-electron chi connectivity index (χ0n) is 9.37. The Morgan fingerprint density at radius 2 is 2.13 bits per heavy atom. The molecule has 82 valence electrons. The van der Waals surface area contributed by atoms with Gasteiger partial charge in [-0.15, -0.1) is 0 Å². The Labute approximate surface area is 91.5 Å². The number of rotatable bonds is 4. The third-order valence-electron chi connectivity index (χ3n) is 2.82. The van der Waals surface area contributed by atoms with Crippen LogP contribution in [-0.2, 0) is 0 Å². The summed E-state index contributed by atoms with van der Waals surface area (Å²) in [6.07, 6.45) is 2.73. The quantitative estimate of drug-likeness (QED) is 0.813. The van der Waals surface area contributed by atoms with E-state index >= 15 is 0 Å². The molecule has 0 radical (unpaired) electrons. The fraction of sp³-hybridized carbons (Fsp3) is 0.583. The van der Waals surface area contributed by atoms with E-state index in [1.807, 2.05) is 25.1 Å². The fourth-order valence-corrected chi connectivity index (χ4v) is 1.99. The van der Waals surface area contributed by atoms with Gasteiger partial charge in [-0.25, -0.2) is 4.98 Å².